The highest BCUT2D eigenvalue weighted by Crippen LogP contribution is 2.29. The Morgan fingerprint density at radius 2 is 2.17 bits per heavy atom. The second kappa shape index (κ2) is 6.07. The van der Waals surface area contributed by atoms with Gasteiger partial charge in [0.2, 0.25) is 0 Å². The van der Waals surface area contributed by atoms with Gasteiger partial charge in [0.05, 0.1) is 0 Å². The van der Waals surface area contributed by atoms with Gasteiger partial charge in [0.1, 0.15) is 5.60 Å². The number of hydrogen-bond acceptors (Lipinski definition) is 3. The highest BCUT2D eigenvalue weighted by Gasteiger charge is 2.26. The monoisotopic (exact) mass is 270 g/mol. The van der Waals surface area contributed by atoms with Crippen LogP contribution < -0.4 is 11.5 Å². The Labute approximate surface area is 112 Å². The minimum absolute atomic E-state index is 0.0676. The van der Waals surface area contributed by atoms with Crippen molar-refractivity contribution in [1.29, 1.82) is 0 Å². The van der Waals surface area contributed by atoms with Crippen LogP contribution >= 0.6 is 11.6 Å². The molecule has 0 heterocycles. The summed E-state index contributed by atoms with van der Waals surface area (Å²) in [5.74, 6) is 0.0676. The van der Waals surface area contributed by atoms with Crippen LogP contribution in [0.5, 0.6) is 0 Å². The number of benzene rings is 1. The molecule has 1 atom stereocenters. The third kappa shape index (κ3) is 4.55. The Morgan fingerprint density at radius 1 is 1.50 bits per heavy atom. The maximum absolute atomic E-state index is 10.8. The minimum Gasteiger partial charge on any atom is -0.444 e. The summed E-state index contributed by atoms with van der Waals surface area (Å²) in [7, 11) is 0. The Kier molecular flexibility index (Phi) is 4.99. The van der Waals surface area contributed by atoms with Crippen molar-refractivity contribution < 1.29 is 9.53 Å². The molecule has 0 aliphatic carbocycles. The molecule has 1 aromatic rings. The van der Waals surface area contributed by atoms with Crippen LogP contribution in [-0.2, 0) is 4.74 Å². The standard InChI is InChI=1S/C13H19ClN2O2/c1-13(2,18-12(16)17)7-10(8-15)9-4-3-5-11(14)6-9/h3-6,10H,7-8,15H2,1-2H3,(H2,16,17)/t10-/m0/s1. The zero-order valence-electron chi connectivity index (χ0n) is 10.7. The number of rotatable bonds is 5. The first-order valence-corrected chi connectivity index (χ1v) is 6.16. The highest BCUT2D eigenvalue weighted by atomic mass is 35.5. The molecule has 4 nitrogen and oxygen atoms in total. The van der Waals surface area contributed by atoms with E-state index in [0.29, 0.717) is 18.0 Å². The molecule has 0 bridgehead atoms. The van der Waals surface area contributed by atoms with Crippen molar-refractivity contribution in [2.45, 2.75) is 31.8 Å². The lowest BCUT2D eigenvalue weighted by Gasteiger charge is -2.28. The average molecular weight is 271 g/mol. The molecule has 1 aromatic carbocycles. The summed E-state index contributed by atoms with van der Waals surface area (Å²) in [5, 5.41) is 0.666. The third-order valence-electron chi connectivity index (χ3n) is 2.72. The number of halogens is 1. The number of ether oxygens (including phenoxy) is 1. The van der Waals surface area contributed by atoms with Crippen LogP contribution in [0.2, 0.25) is 5.02 Å². The van der Waals surface area contributed by atoms with Crippen molar-refractivity contribution in [1.82, 2.24) is 0 Å². The van der Waals surface area contributed by atoms with E-state index < -0.39 is 11.7 Å². The fraction of sp³-hybridized carbons (Fsp3) is 0.462. The van der Waals surface area contributed by atoms with Gasteiger partial charge in [-0.2, -0.15) is 0 Å². The molecule has 0 saturated carbocycles. The Bertz CT molecular complexity index is 421. The zero-order chi connectivity index (χ0) is 13.8. The smallest absolute Gasteiger partial charge is 0.405 e. The van der Waals surface area contributed by atoms with Gasteiger partial charge in [0, 0.05) is 5.02 Å². The highest BCUT2D eigenvalue weighted by molar-refractivity contribution is 6.30. The maximum atomic E-state index is 10.8. The molecule has 1 amide bonds. The molecule has 0 aliphatic rings. The molecule has 1 rings (SSSR count). The van der Waals surface area contributed by atoms with E-state index in [2.05, 4.69) is 0 Å². The van der Waals surface area contributed by atoms with Gasteiger partial charge in [-0.1, -0.05) is 23.7 Å². The summed E-state index contributed by atoms with van der Waals surface area (Å²) in [6, 6.07) is 7.52. The van der Waals surface area contributed by atoms with Gasteiger partial charge in [-0.3, -0.25) is 0 Å². The summed E-state index contributed by atoms with van der Waals surface area (Å²) in [5.41, 5.74) is 11.2. The van der Waals surface area contributed by atoms with Crippen LogP contribution in [0.4, 0.5) is 4.79 Å². The van der Waals surface area contributed by atoms with Gasteiger partial charge < -0.3 is 16.2 Å². The molecule has 0 fully saturated rings. The van der Waals surface area contributed by atoms with E-state index in [9.17, 15) is 4.79 Å². The summed E-state index contributed by atoms with van der Waals surface area (Å²) < 4.78 is 5.07. The van der Waals surface area contributed by atoms with Crippen LogP contribution in [0.3, 0.4) is 0 Å². The fourth-order valence-electron chi connectivity index (χ4n) is 2.01. The SMILES string of the molecule is CC(C)(C[C@@H](CN)c1cccc(Cl)c1)OC(N)=O. The van der Waals surface area contributed by atoms with Gasteiger partial charge in [-0.15, -0.1) is 0 Å². The second-order valence-electron chi connectivity index (χ2n) is 4.87. The average Bonchev–Trinajstić information content (AvgIpc) is 2.24. The molecular formula is C13H19ClN2O2. The van der Waals surface area contributed by atoms with E-state index in [4.69, 9.17) is 27.8 Å². The van der Waals surface area contributed by atoms with E-state index in [1.54, 1.807) is 0 Å². The number of carbonyl (C=O) groups is 1. The van der Waals surface area contributed by atoms with Crippen molar-refractivity contribution in [3.8, 4) is 0 Å². The maximum Gasteiger partial charge on any atom is 0.405 e. The molecule has 18 heavy (non-hydrogen) atoms. The first-order chi connectivity index (χ1) is 8.34. The zero-order valence-corrected chi connectivity index (χ0v) is 11.4. The van der Waals surface area contributed by atoms with Crippen LogP contribution in [0.25, 0.3) is 0 Å². The molecule has 100 valence electrons. The number of carbonyl (C=O) groups excluding carboxylic acids is 1. The van der Waals surface area contributed by atoms with E-state index in [-0.39, 0.29) is 5.92 Å². The van der Waals surface area contributed by atoms with E-state index in [0.717, 1.165) is 5.56 Å². The summed E-state index contributed by atoms with van der Waals surface area (Å²) >= 11 is 5.96. The van der Waals surface area contributed by atoms with Crippen LogP contribution in [0.15, 0.2) is 24.3 Å². The molecule has 0 unspecified atom stereocenters. The molecule has 0 aliphatic heterocycles. The first kappa shape index (κ1) is 14.8. The van der Waals surface area contributed by atoms with Crippen molar-refractivity contribution in [3.05, 3.63) is 34.9 Å². The lowest BCUT2D eigenvalue weighted by Crippen LogP contribution is -2.34. The Hall–Kier alpha value is -1.26. The second-order valence-corrected chi connectivity index (χ2v) is 5.31. The van der Waals surface area contributed by atoms with Crippen molar-refractivity contribution in [2.24, 2.45) is 11.5 Å². The molecular weight excluding hydrogens is 252 g/mol. The minimum atomic E-state index is -0.776. The van der Waals surface area contributed by atoms with Gasteiger partial charge in [-0.25, -0.2) is 4.79 Å². The molecule has 5 heteroatoms. The van der Waals surface area contributed by atoms with Crippen molar-refractivity contribution in [3.63, 3.8) is 0 Å². The van der Waals surface area contributed by atoms with Gasteiger partial charge in [0.25, 0.3) is 0 Å². The number of nitrogens with two attached hydrogens (primary N) is 2. The summed E-state index contributed by atoms with van der Waals surface area (Å²) in [4.78, 5) is 10.8. The van der Waals surface area contributed by atoms with Crippen LogP contribution in [0, 0.1) is 0 Å². The lowest BCUT2D eigenvalue weighted by atomic mass is 9.88. The summed E-state index contributed by atoms with van der Waals surface area (Å²) in [6.45, 7) is 4.07. The van der Waals surface area contributed by atoms with E-state index >= 15 is 0 Å². The largest absolute Gasteiger partial charge is 0.444 e. The Balaban J connectivity index is 2.82. The Morgan fingerprint density at radius 3 is 2.67 bits per heavy atom. The molecule has 0 aromatic heterocycles. The number of primary amides is 1. The fourth-order valence-corrected chi connectivity index (χ4v) is 2.20. The van der Waals surface area contributed by atoms with E-state index in [1.165, 1.54) is 0 Å². The molecule has 0 saturated heterocycles. The van der Waals surface area contributed by atoms with Gasteiger partial charge in [0.15, 0.2) is 0 Å². The van der Waals surface area contributed by atoms with Gasteiger partial charge in [-0.05, 0) is 50.4 Å². The molecule has 0 radical (unpaired) electrons. The van der Waals surface area contributed by atoms with Crippen molar-refractivity contribution in [2.75, 3.05) is 6.54 Å². The van der Waals surface area contributed by atoms with Crippen LogP contribution in [0.1, 0.15) is 31.7 Å². The predicted octanol–water partition coefficient (Wildman–Crippen LogP) is 2.65. The van der Waals surface area contributed by atoms with Crippen LogP contribution in [-0.4, -0.2) is 18.2 Å². The normalized spacial score (nSPS) is 13.1. The lowest BCUT2D eigenvalue weighted by molar-refractivity contribution is 0.0342. The topological polar surface area (TPSA) is 78.3 Å². The van der Waals surface area contributed by atoms with Gasteiger partial charge >= 0.3 is 6.09 Å². The van der Waals surface area contributed by atoms with E-state index in [1.807, 2.05) is 38.1 Å². The first-order valence-electron chi connectivity index (χ1n) is 5.78. The molecule has 0 spiro atoms. The number of hydrogen-bond donors (Lipinski definition) is 2. The quantitative estimate of drug-likeness (QED) is 0.863. The third-order valence-corrected chi connectivity index (χ3v) is 2.95. The predicted molar refractivity (Wildman–Crippen MR) is 72.6 cm³/mol. The van der Waals surface area contributed by atoms with Crippen molar-refractivity contribution >= 4 is 17.7 Å². The molecule has 4 N–H and O–H groups in total. The summed E-state index contributed by atoms with van der Waals surface area (Å²) in [6.07, 6.45) is -0.186. The number of amides is 1.